The minimum atomic E-state index is -1.31. The Labute approximate surface area is 413 Å². The Bertz CT molecular complexity index is 4040. The van der Waals surface area contributed by atoms with Crippen LogP contribution in [-0.2, 0) is 0 Å². The van der Waals surface area contributed by atoms with Crippen molar-refractivity contribution in [1.82, 2.24) is 0 Å². The van der Waals surface area contributed by atoms with Gasteiger partial charge in [-0.05, 0) is 92.2 Å². The molecule has 356 valence electrons. The normalized spacial score (nSPS) is 11.6. The van der Waals surface area contributed by atoms with Gasteiger partial charge in [-0.2, -0.15) is 0 Å². The summed E-state index contributed by atoms with van der Waals surface area (Å²) in [7, 11) is 0. The minimum Gasteiger partial charge on any atom is -0.503 e. The zero-order chi connectivity index (χ0) is 50.4. The van der Waals surface area contributed by atoms with Crippen LogP contribution in [0, 0.1) is 0 Å². The molecule has 0 bridgehead atoms. The summed E-state index contributed by atoms with van der Waals surface area (Å²) in [5.41, 5.74) is 3.88. The van der Waals surface area contributed by atoms with Crippen LogP contribution >= 0.6 is 0 Å². The van der Waals surface area contributed by atoms with Gasteiger partial charge in [0.1, 0.15) is 22.5 Å². The predicted molar refractivity (Wildman–Crippen MR) is 283 cm³/mol. The average Bonchev–Trinajstić information content (AvgIpc) is 3.82. The van der Waals surface area contributed by atoms with Crippen LogP contribution in [-0.4, -0.2) is 51.1 Å². The van der Waals surface area contributed by atoms with Crippen molar-refractivity contribution in [3.8, 4) is 79.7 Å². The van der Waals surface area contributed by atoms with E-state index in [0.29, 0.717) is 33.8 Å². The maximum Gasteiger partial charge on any atom is 0.208 e. The molecular formula is C60H40N2O11. The second-order valence-electron chi connectivity index (χ2n) is 17.7. The van der Waals surface area contributed by atoms with Gasteiger partial charge in [0.25, 0.3) is 0 Å². The van der Waals surface area contributed by atoms with E-state index < -0.39 is 68.9 Å². The van der Waals surface area contributed by atoms with Gasteiger partial charge in [0, 0.05) is 44.5 Å². The second-order valence-corrected chi connectivity index (χ2v) is 17.7. The lowest BCUT2D eigenvalue weighted by molar-refractivity contribution is 0.327. The van der Waals surface area contributed by atoms with Gasteiger partial charge in [-0.1, -0.05) is 133 Å². The first-order valence-electron chi connectivity index (χ1n) is 22.9. The number of rotatable bonds is 8. The van der Waals surface area contributed by atoms with Crippen LogP contribution < -0.4 is 9.80 Å². The summed E-state index contributed by atoms with van der Waals surface area (Å²) in [6, 6.07) is 58.1. The van der Waals surface area contributed by atoms with Crippen molar-refractivity contribution in [1.29, 1.82) is 0 Å². The van der Waals surface area contributed by atoms with E-state index in [1.807, 2.05) is 163 Å². The zero-order valence-corrected chi connectivity index (χ0v) is 38.1. The van der Waals surface area contributed by atoms with E-state index >= 15 is 0 Å². The van der Waals surface area contributed by atoms with Crippen molar-refractivity contribution in [2.24, 2.45) is 0 Å². The molecule has 0 saturated heterocycles. The molecule has 12 aromatic rings. The number of aromatic hydroxyl groups is 10. The highest BCUT2D eigenvalue weighted by atomic mass is 16.4. The van der Waals surface area contributed by atoms with Crippen LogP contribution in [0.25, 0.3) is 76.5 Å². The lowest BCUT2D eigenvalue weighted by Gasteiger charge is -2.32. The molecule has 0 aliphatic heterocycles. The predicted octanol–water partition coefficient (Wildman–Crippen LogP) is 14.4. The Morgan fingerprint density at radius 2 is 0.685 bits per heavy atom. The molecule has 0 fully saturated rings. The molecule has 73 heavy (non-hydrogen) atoms. The molecule has 12 rings (SSSR count). The number of hydrogen-bond donors (Lipinski definition) is 10. The van der Waals surface area contributed by atoms with E-state index in [1.165, 1.54) is 12.1 Å². The van der Waals surface area contributed by atoms with Crippen LogP contribution in [0.1, 0.15) is 0 Å². The molecule has 0 unspecified atom stereocenters. The Balaban J connectivity index is 1.13. The summed E-state index contributed by atoms with van der Waals surface area (Å²) in [6.45, 7) is 0. The van der Waals surface area contributed by atoms with Gasteiger partial charge < -0.3 is 60.4 Å². The third kappa shape index (κ3) is 6.94. The number of nitrogens with zero attached hydrogens (tertiary/aromatic N) is 2. The van der Waals surface area contributed by atoms with Crippen LogP contribution in [0.4, 0.5) is 34.1 Å². The average molecular weight is 965 g/mol. The molecule has 0 aliphatic rings. The Hall–Kier alpha value is -10.4. The molecule has 1 aromatic heterocycles. The van der Waals surface area contributed by atoms with Crippen LogP contribution in [0.2, 0.25) is 0 Å². The standard InChI is InChI=1S/C60H40N2O11/c63-49-47(50(64)54(68)57(71)53(49)67)62(48-51(65)55(69)58(72)56(70)52(48)66)42-29-38(33-16-18-35(19-17-33)44-14-7-15-45-46-25-22-34-10-5-6-13-43(34)60(46)73-59(44)45)28-41(30-42)61(39-23-20-31-8-1-3-11-36(31)26-39)40-24-21-32-9-2-4-12-37(32)27-40/h1-30,63-72H. The summed E-state index contributed by atoms with van der Waals surface area (Å²) >= 11 is 0. The van der Waals surface area contributed by atoms with E-state index in [0.717, 1.165) is 64.7 Å². The first-order chi connectivity index (χ1) is 35.4. The molecular weight excluding hydrogens is 925 g/mol. The molecule has 1 heterocycles. The molecule has 0 saturated carbocycles. The van der Waals surface area contributed by atoms with Crippen LogP contribution in [0.3, 0.4) is 0 Å². The van der Waals surface area contributed by atoms with Crippen molar-refractivity contribution in [3.63, 3.8) is 0 Å². The van der Waals surface area contributed by atoms with Crippen molar-refractivity contribution >= 4 is 88.4 Å². The summed E-state index contributed by atoms with van der Waals surface area (Å²) in [5, 5.41) is 119. The highest BCUT2D eigenvalue weighted by Crippen LogP contribution is 2.64. The first kappa shape index (κ1) is 43.9. The van der Waals surface area contributed by atoms with Crippen LogP contribution in [0.15, 0.2) is 186 Å². The van der Waals surface area contributed by atoms with E-state index in [2.05, 4.69) is 12.1 Å². The summed E-state index contributed by atoms with van der Waals surface area (Å²) in [5.74, 6) is -12.9. The third-order valence-electron chi connectivity index (χ3n) is 13.5. The highest BCUT2D eigenvalue weighted by molar-refractivity contribution is 6.17. The highest BCUT2D eigenvalue weighted by Gasteiger charge is 2.36. The number of fused-ring (bicyclic) bond motifs is 7. The SMILES string of the molecule is Oc1c(O)c(O)c(N(c2cc(-c3ccc(-c4cccc5c4oc4c6ccccc6ccc54)cc3)cc(N(c3ccc4ccccc4c3)c3ccc4ccccc4c3)c2)c2c(O)c(O)c(O)c(O)c2O)c(O)c1O. The van der Waals surface area contributed by atoms with E-state index in [9.17, 15) is 51.1 Å². The summed E-state index contributed by atoms with van der Waals surface area (Å²) in [6.07, 6.45) is 0. The Morgan fingerprint density at radius 3 is 1.23 bits per heavy atom. The molecule has 13 heteroatoms. The molecule has 0 radical (unpaired) electrons. The number of para-hydroxylation sites is 1. The van der Waals surface area contributed by atoms with E-state index in [4.69, 9.17) is 4.42 Å². The second kappa shape index (κ2) is 16.6. The number of phenolic OH excluding ortho intramolecular Hbond substituents is 10. The van der Waals surface area contributed by atoms with Crippen molar-refractivity contribution in [3.05, 3.63) is 182 Å². The fraction of sp³-hybridized carbons (Fsp3) is 0. The molecule has 0 aliphatic carbocycles. The maximum atomic E-state index is 11.6. The maximum absolute atomic E-state index is 11.6. The van der Waals surface area contributed by atoms with Gasteiger partial charge in [0.15, 0.2) is 23.0 Å². The topological polar surface area (TPSA) is 222 Å². The molecule has 10 N–H and O–H groups in total. The monoisotopic (exact) mass is 964 g/mol. The quantitative estimate of drug-likeness (QED) is 0.0506. The number of benzene rings is 11. The number of hydrogen-bond acceptors (Lipinski definition) is 13. The van der Waals surface area contributed by atoms with Gasteiger partial charge >= 0.3 is 0 Å². The smallest absolute Gasteiger partial charge is 0.208 e. The largest absolute Gasteiger partial charge is 0.503 e. The number of phenols is 10. The molecule has 0 spiro atoms. The van der Waals surface area contributed by atoms with E-state index in [1.54, 1.807) is 0 Å². The van der Waals surface area contributed by atoms with Gasteiger partial charge in [-0.3, -0.25) is 4.90 Å². The number of furan rings is 1. The van der Waals surface area contributed by atoms with E-state index in [-0.39, 0.29) is 5.69 Å². The van der Waals surface area contributed by atoms with Gasteiger partial charge in [-0.25, -0.2) is 0 Å². The fourth-order valence-corrected chi connectivity index (χ4v) is 9.83. The third-order valence-corrected chi connectivity index (χ3v) is 13.5. The molecule has 0 amide bonds. The molecule has 11 aromatic carbocycles. The van der Waals surface area contributed by atoms with Crippen molar-refractivity contribution < 1.29 is 55.5 Å². The molecule has 13 nitrogen and oxygen atoms in total. The minimum absolute atomic E-state index is 0.146. The van der Waals surface area contributed by atoms with Crippen molar-refractivity contribution in [2.45, 2.75) is 0 Å². The fourth-order valence-electron chi connectivity index (χ4n) is 9.83. The summed E-state index contributed by atoms with van der Waals surface area (Å²) in [4.78, 5) is 2.68. The zero-order valence-electron chi connectivity index (χ0n) is 38.1. The first-order valence-corrected chi connectivity index (χ1v) is 22.9. The number of anilines is 6. The molecule has 0 atom stereocenters. The van der Waals surface area contributed by atoms with Crippen molar-refractivity contribution in [2.75, 3.05) is 9.80 Å². The van der Waals surface area contributed by atoms with Gasteiger partial charge in [0.2, 0.25) is 34.5 Å². The lowest BCUT2D eigenvalue weighted by atomic mass is 9.97. The van der Waals surface area contributed by atoms with Crippen LogP contribution in [0.5, 0.6) is 57.5 Å². The summed E-state index contributed by atoms with van der Waals surface area (Å²) < 4.78 is 6.66. The van der Waals surface area contributed by atoms with Gasteiger partial charge in [0.05, 0.1) is 0 Å². The Kier molecular flexibility index (Phi) is 10.00. The van der Waals surface area contributed by atoms with Gasteiger partial charge in [-0.15, -0.1) is 0 Å². The Morgan fingerprint density at radius 1 is 0.260 bits per heavy atom. The lowest BCUT2D eigenvalue weighted by Crippen LogP contribution is -2.14.